The largest absolute Gasteiger partial charge is 0.444 e. The van der Waals surface area contributed by atoms with Crippen LogP contribution in [0.3, 0.4) is 0 Å². The number of amides is 1. The minimum absolute atomic E-state index is 0.0772. The van der Waals surface area contributed by atoms with E-state index in [9.17, 15) is 4.79 Å². The van der Waals surface area contributed by atoms with Crippen LogP contribution in [-0.4, -0.2) is 34.4 Å². The Balaban J connectivity index is 2.65. The van der Waals surface area contributed by atoms with E-state index in [1.54, 1.807) is 20.8 Å². The standard InChI is InChI=1S/C12H21N3O3S/c1-7-9(5-8(13)6-16)19-10(14-7)15-11(17)18-12(2,3)4/h8,16H,5-6,13H2,1-4H3,(H,14,15,17). The van der Waals surface area contributed by atoms with E-state index < -0.39 is 11.7 Å². The molecule has 0 aromatic carbocycles. The van der Waals surface area contributed by atoms with E-state index in [1.807, 2.05) is 6.92 Å². The van der Waals surface area contributed by atoms with Gasteiger partial charge in [-0.05, 0) is 27.7 Å². The smallest absolute Gasteiger partial charge is 0.413 e. The van der Waals surface area contributed by atoms with Gasteiger partial charge in [-0.25, -0.2) is 9.78 Å². The van der Waals surface area contributed by atoms with Crippen LogP contribution < -0.4 is 11.1 Å². The molecular weight excluding hydrogens is 266 g/mol. The van der Waals surface area contributed by atoms with Crippen molar-refractivity contribution in [1.29, 1.82) is 0 Å². The van der Waals surface area contributed by atoms with Crippen molar-refractivity contribution in [2.24, 2.45) is 5.73 Å². The number of nitrogens with one attached hydrogen (secondary N) is 1. The molecule has 1 heterocycles. The molecule has 0 spiro atoms. The maximum atomic E-state index is 11.6. The number of hydrogen-bond acceptors (Lipinski definition) is 6. The van der Waals surface area contributed by atoms with E-state index in [4.69, 9.17) is 15.6 Å². The number of thiazole rings is 1. The van der Waals surface area contributed by atoms with Gasteiger partial charge < -0.3 is 15.6 Å². The molecule has 1 aromatic heterocycles. The molecule has 0 aliphatic heterocycles. The second-order valence-corrected chi connectivity index (χ2v) is 6.38. The van der Waals surface area contributed by atoms with Crippen LogP contribution in [-0.2, 0) is 11.2 Å². The van der Waals surface area contributed by atoms with Gasteiger partial charge in [0.2, 0.25) is 0 Å². The number of aromatic nitrogens is 1. The van der Waals surface area contributed by atoms with Gasteiger partial charge in [0.05, 0.1) is 12.3 Å². The molecule has 1 rings (SSSR count). The molecule has 0 fully saturated rings. The molecular formula is C12H21N3O3S. The van der Waals surface area contributed by atoms with Gasteiger partial charge >= 0.3 is 6.09 Å². The average molecular weight is 287 g/mol. The molecule has 6 nitrogen and oxygen atoms in total. The number of nitrogens with zero attached hydrogens (tertiary/aromatic N) is 1. The van der Waals surface area contributed by atoms with E-state index in [0.717, 1.165) is 10.6 Å². The first kappa shape index (κ1) is 15.9. The van der Waals surface area contributed by atoms with E-state index in [2.05, 4.69) is 10.3 Å². The first-order valence-electron chi connectivity index (χ1n) is 6.04. The van der Waals surface area contributed by atoms with Crippen LogP contribution in [0.25, 0.3) is 0 Å². The molecule has 1 amide bonds. The Morgan fingerprint density at radius 2 is 2.21 bits per heavy atom. The maximum Gasteiger partial charge on any atom is 0.413 e. The molecule has 0 bridgehead atoms. The van der Waals surface area contributed by atoms with Gasteiger partial charge in [0, 0.05) is 17.3 Å². The van der Waals surface area contributed by atoms with Crippen molar-refractivity contribution >= 4 is 22.6 Å². The average Bonchev–Trinajstić information content (AvgIpc) is 2.55. The molecule has 4 N–H and O–H groups in total. The predicted molar refractivity (Wildman–Crippen MR) is 75.5 cm³/mol. The molecule has 0 aliphatic rings. The lowest BCUT2D eigenvalue weighted by Crippen LogP contribution is -2.27. The molecule has 0 radical (unpaired) electrons. The van der Waals surface area contributed by atoms with Gasteiger partial charge in [-0.3, -0.25) is 5.32 Å². The number of carbonyl (C=O) groups excluding carboxylic acids is 1. The highest BCUT2D eigenvalue weighted by molar-refractivity contribution is 7.15. The van der Waals surface area contributed by atoms with Crippen molar-refractivity contribution in [2.75, 3.05) is 11.9 Å². The second-order valence-electron chi connectivity index (χ2n) is 5.30. The Hall–Kier alpha value is -1.18. The number of aliphatic hydroxyl groups is 1. The summed E-state index contributed by atoms with van der Waals surface area (Å²) >= 11 is 1.34. The summed E-state index contributed by atoms with van der Waals surface area (Å²) in [7, 11) is 0. The van der Waals surface area contributed by atoms with E-state index >= 15 is 0 Å². The van der Waals surface area contributed by atoms with Crippen LogP contribution in [0.5, 0.6) is 0 Å². The van der Waals surface area contributed by atoms with Gasteiger partial charge in [-0.2, -0.15) is 0 Å². The lowest BCUT2D eigenvalue weighted by atomic mass is 10.2. The molecule has 1 unspecified atom stereocenters. The number of aryl methyl sites for hydroxylation is 1. The summed E-state index contributed by atoms with van der Waals surface area (Å²) in [6, 6.07) is -0.312. The monoisotopic (exact) mass is 287 g/mol. The Bertz CT molecular complexity index is 440. The summed E-state index contributed by atoms with van der Waals surface area (Å²) < 4.78 is 5.14. The van der Waals surface area contributed by atoms with Crippen molar-refractivity contribution in [3.05, 3.63) is 10.6 Å². The molecule has 7 heteroatoms. The maximum absolute atomic E-state index is 11.6. The number of anilines is 1. The fourth-order valence-corrected chi connectivity index (χ4v) is 2.41. The lowest BCUT2D eigenvalue weighted by Gasteiger charge is -2.18. The topological polar surface area (TPSA) is 97.5 Å². The van der Waals surface area contributed by atoms with Crippen LogP contribution >= 0.6 is 11.3 Å². The number of ether oxygens (including phenoxy) is 1. The summed E-state index contributed by atoms with van der Waals surface area (Å²) in [6.07, 6.45) is 0.00923. The van der Waals surface area contributed by atoms with E-state index in [0.29, 0.717) is 11.6 Å². The number of nitrogens with two attached hydrogens (primary N) is 1. The van der Waals surface area contributed by atoms with Crippen molar-refractivity contribution in [1.82, 2.24) is 4.98 Å². The number of hydrogen-bond donors (Lipinski definition) is 3. The quantitative estimate of drug-likeness (QED) is 0.782. The predicted octanol–water partition coefficient (Wildman–Crippen LogP) is 1.66. The fourth-order valence-electron chi connectivity index (χ4n) is 1.36. The number of aliphatic hydroxyl groups excluding tert-OH is 1. The second kappa shape index (κ2) is 6.31. The van der Waals surface area contributed by atoms with Gasteiger partial charge in [-0.1, -0.05) is 0 Å². The van der Waals surface area contributed by atoms with E-state index in [1.165, 1.54) is 11.3 Å². The summed E-state index contributed by atoms with van der Waals surface area (Å²) in [5.41, 5.74) is 5.95. The van der Waals surface area contributed by atoms with Gasteiger partial charge in [0.1, 0.15) is 5.60 Å². The molecule has 0 saturated heterocycles. The molecule has 0 aliphatic carbocycles. The minimum Gasteiger partial charge on any atom is -0.444 e. The van der Waals surface area contributed by atoms with Crippen LogP contribution in [0.4, 0.5) is 9.93 Å². The highest BCUT2D eigenvalue weighted by Gasteiger charge is 2.18. The molecule has 0 saturated carbocycles. The van der Waals surface area contributed by atoms with Crippen LogP contribution in [0, 0.1) is 6.92 Å². The summed E-state index contributed by atoms with van der Waals surface area (Å²) in [4.78, 5) is 16.8. The third kappa shape index (κ3) is 5.54. The minimum atomic E-state index is -0.543. The van der Waals surface area contributed by atoms with Crippen molar-refractivity contribution < 1.29 is 14.6 Å². The molecule has 19 heavy (non-hydrogen) atoms. The number of rotatable bonds is 4. The highest BCUT2D eigenvalue weighted by atomic mass is 32.1. The first-order valence-corrected chi connectivity index (χ1v) is 6.85. The Labute approximate surface area is 117 Å². The zero-order valence-electron chi connectivity index (χ0n) is 11.7. The third-order valence-corrected chi connectivity index (χ3v) is 3.28. The Kier molecular flexibility index (Phi) is 5.28. The van der Waals surface area contributed by atoms with Crippen LogP contribution in [0.1, 0.15) is 31.3 Å². The van der Waals surface area contributed by atoms with Gasteiger partial charge in [0.25, 0.3) is 0 Å². The summed E-state index contributed by atoms with van der Waals surface area (Å²) in [6.45, 7) is 7.16. The summed E-state index contributed by atoms with van der Waals surface area (Å²) in [5, 5.41) is 12.0. The van der Waals surface area contributed by atoms with Crippen molar-refractivity contribution in [3.8, 4) is 0 Å². The third-order valence-electron chi connectivity index (χ3n) is 2.18. The van der Waals surface area contributed by atoms with Crippen molar-refractivity contribution in [2.45, 2.75) is 45.8 Å². The van der Waals surface area contributed by atoms with Gasteiger partial charge in [-0.15, -0.1) is 11.3 Å². The highest BCUT2D eigenvalue weighted by Crippen LogP contribution is 2.24. The zero-order valence-corrected chi connectivity index (χ0v) is 12.5. The van der Waals surface area contributed by atoms with Gasteiger partial charge in [0.15, 0.2) is 5.13 Å². The molecule has 1 aromatic rings. The Morgan fingerprint density at radius 1 is 1.58 bits per heavy atom. The zero-order chi connectivity index (χ0) is 14.6. The van der Waals surface area contributed by atoms with Crippen molar-refractivity contribution in [3.63, 3.8) is 0 Å². The lowest BCUT2D eigenvalue weighted by molar-refractivity contribution is 0.0636. The number of carbonyl (C=O) groups is 1. The summed E-state index contributed by atoms with van der Waals surface area (Å²) in [5.74, 6) is 0. The molecule has 1 atom stereocenters. The SMILES string of the molecule is Cc1nc(NC(=O)OC(C)(C)C)sc1CC(N)CO. The van der Waals surface area contributed by atoms with E-state index in [-0.39, 0.29) is 12.6 Å². The Morgan fingerprint density at radius 3 is 2.74 bits per heavy atom. The fraction of sp³-hybridized carbons (Fsp3) is 0.667. The van der Waals surface area contributed by atoms with Crippen LogP contribution in [0.15, 0.2) is 0 Å². The van der Waals surface area contributed by atoms with Crippen LogP contribution in [0.2, 0.25) is 0 Å². The molecule has 108 valence electrons. The normalized spacial score (nSPS) is 13.2. The first-order chi connectivity index (χ1) is 8.71.